The minimum Gasteiger partial charge on any atom is -0.306 e. The smallest absolute Gasteiger partial charge is 0.243 e. The predicted molar refractivity (Wildman–Crippen MR) is 88.0 cm³/mol. The molecule has 122 valence electrons. The maximum absolute atomic E-state index is 10.9. The van der Waals surface area contributed by atoms with E-state index in [4.69, 9.17) is 5.21 Å². The molecule has 0 atom stereocenters. The number of piperidine rings is 1. The normalized spacial score (nSPS) is 16.6. The quantitative estimate of drug-likeness (QED) is 0.462. The molecule has 1 amide bonds. The Morgan fingerprint density at radius 2 is 1.86 bits per heavy atom. The van der Waals surface area contributed by atoms with Gasteiger partial charge in [-0.3, -0.25) is 10.0 Å². The SMILES string of the molecule is CN1CCC(c2ccc(CCCCCC(=O)NO)cc2)CC1. The van der Waals surface area contributed by atoms with E-state index in [2.05, 4.69) is 36.2 Å². The van der Waals surface area contributed by atoms with Crippen molar-refractivity contribution in [2.24, 2.45) is 0 Å². The van der Waals surface area contributed by atoms with Crippen LogP contribution in [-0.2, 0) is 11.2 Å². The van der Waals surface area contributed by atoms with E-state index in [1.807, 2.05) is 0 Å². The Labute approximate surface area is 133 Å². The molecule has 0 saturated carbocycles. The summed E-state index contributed by atoms with van der Waals surface area (Å²) in [5.74, 6) is 0.435. The van der Waals surface area contributed by atoms with Crippen LogP contribution in [0.4, 0.5) is 0 Å². The van der Waals surface area contributed by atoms with Gasteiger partial charge in [-0.25, -0.2) is 5.48 Å². The van der Waals surface area contributed by atoms with Crippen LogP contribution >= 0.6 is 0 Å². The van der Waals surface area contributed by atoms with Gasteiger partial charge in [0.05, 0.1) is 0 Å². The summed E-state index contributed by atoms with van der Waals surface area (Å²) in [4.78, 5) is 13.3. The van der Waals surface area contributed by atoms with Crippen molar-refractivity contribution in [3.05, 3.63) is 35.4 Å². The fourth-order valence-electron chi connectivity index (χ4n) is 3.15. The number of carbonyl (C=O) groups excluding carboxylic acids is 1. The number of aryl methyl sites for hydroxylation is 1. The number of hydroxylamine groups is 1. The Morgan fingerprint density at radius 1 is 1.18 bits per heavy atom. The molecule has 0 aliphatic carbocycles. The molecule has 0 radical (unpaired) electrons. The molecule has 1 heterocycles. The van der Waals surface area contributed by atoms with Crippen molar-refractivity contribution < 1.29 is 10.0 Å². The van der Waals surface area contributed by atoms with Crippen LogP contribution in [0.1, 0.15) is 55.6 Å². The lowest BCUT2D eigenvalue weighted by Gasteiger charge is -2.29. The highest BCUT2D eigenvalue weighted by Crippen LogP contribution is 2.27. The number of nitrogens with zero attached hydrogens (tertiary/aromatic N) is 1. The Kier molecular flexibility index (Phi) is 6.87. The Hall–Kier alpha value is -1.39. The summed E-state index contributed by atoms with van der Waals surface area (Å²) in [5, 5.41) is 8.42. The van der Waals surface area contributed by atoms with Gasteiger partial charge in [-0.05, 0) is 69.3 Å². The molecule has 1 saturated heterocycles. The van der Waals surface area contributed by atoms with E-state index in [1.54, 1.807) is 5.48 Å². The molecule has 2 rings (SSSR count). The second kappa shape index (κ2) is 8.91. The Bertz CT molecular complexity index is 451. The third-order valence-electron chi connectivity index (χ3n) is 4.66. The lowest BCUT2D eigenvalue weighted by atomic mass is 9.89. The monoisotopic (exact) mass is 304 g/mol. The predicted octanol–water partition coefficient (Wildman–Crippen LogP) is 3.10. The summed E-state index contributed by atoms with van der Waals surface area (Å²) in [6, 6.07) is 9.11. The Balaban J connectivity index is 1.69. The zero-order chi connectivity index (χ0) is 15.8. The van der Waals surface area contributed by atoms with Gasteiger partial charge in [0.25, 0.3) is 0 Å². The summed E-state index contributed by atoms with van der Waals surface area (Å²) in [6.07, 6.45) is 6.95. The van der Waals surface area contributed by atoms with Crippen LogP contribution in [-0.4, -0.2) is 36.2 Å². The largest absolute Gasteiger partial charge is 0.306 e. The standard InChI is InChI=1S/C18H28N2O2/c1-20-13-11-17(12-14-20)16-9-7-15(8-10-16)5-3-2-4-6-18(21)19-22/h7-10,17,22H,2-6,11-14H2,1H3,(H,19,21). The van der Waals surface area contributed by atoms with Crippen molar-refractivity contribution in [3.8, 4) is 0 Å². The van der Waals surface area contributed by atoms with Crippen molar-refractivity contribution in [2.75, 3.05) is 20.1 Å². The molecule has 1 fully saturated rings. The fourth-order valence-corrected chi connectivity index (χ4v) is 3.15. The number of hydrogen-bond acceptors (Lipinski definition) is 3. The molecular formula is C18H28N2O2. The molecule has 0 unspecified atom stereocenters. The van der Waals surface area contributed by atoms with Crippen LogP contribution in [0.15, 0.2) is 24.3 Å². The Morgan fingerprint density at radius 3 is 2.50 bits per heavy atom. The number of unbranched alkanes of at least 4 members (excludes halogenated alkanes) is 2. The van der Waals surface area contributed by atoms with Crippen molar-refractivity contribution in [1.82, 2.24) is 10.4 Å². The maximum Gasteiger partial charge on any atom is 0.243 e. The number of benzene rings is 1. The molecule has 1 aromatic rings. The number of likely N-dealkylation sites (tertiary alicyclic amines) is 1. The number of amides is 1. The molecule has 0 aromatic heterocycles. The first-order chi connectivity index (χ1) is 10.7. The van der Waals surface area contributed by atoms with Gasteiger partial charge in [-0.1, -0.05) is 30.7 Å². The van der Waals surface area contributed by atoms with Crippen molar-refractivity contribution in [2.45, 2.75) is 50.9 Å². The van der Waals surface area contributed by atoms with Gasteiger partial charge >= 0.3 is 0 Å². The van der Waals surface area contributed by atoms with Gasteiger partial charge in [0, 0.05) is 6.42 Å². The van der Waals surface area contributed by atoms with Crippen LogP contribution in [0.3, 0.4) is 0 Å². The third-order valence-corrected chi connectivity index (χ3v) is 4.66. The number of carbonyl (C=O) groups is 1. The molecule has 1 aliphatic rings. The van der Waals surface area contributed by atoms with Crippen LogP contribution in [0.5, 0.6) is 0 Å². The molecule has 1 aliphatic heterocycles. The zero-order valence-corrected chi connectivity index (χ0v) is 13.6. The van der Waals surface area contributed by atoms with Gasteiger partial charge in [0.1, 0.15) is 0 Å². The van der Waals surface area contributed by atoms with Gasteiger partial charge in [-0.2, -0.15) is 0 Å². The lowest BCUT2D eigenvalue weighted by Crippen LogP contribution is -2.29. The highest BCUT2D eigenvalue weighted by atomic mass is 16.5. The van der Waals surface area contributed by atoms with E-state index in [-0.39, 0.29) is 5.91 Å². The number of hydrogen-bond donors (Lipinski definition) is 2. The first-order valence-corrected chi connectivity index (χ1v) is 8.39. The fraction of sp³-hybridized carbons (Fsp3) is 0.611. The van der Waals surface area contributed by atoms with Gasteiger partial charge in [-0.15, -0.1) is 0 Å². The van der Waals surface area contributed by atoms with Crippen molar-refractivity contribution >= 4 is 5.91 Å². The average molecular weight is 304 g/mol. The van der Waals surface area contributed by atoms with Crippen LogP contribution in [0.2, 0.25) is 0 Å². The van der Waals surface area contributed by atoms with E-state index in [0.29, 0.717) is 6.42 Å². The molecule has 22 heavy (non-hydrogen) atoms. The minimum atomic E-state index is -0.289. The summed E-state index contributed by atoms with van der Waals surface area (Å²) in [5.41, 5.74) is 4.53. The molecule has 4 nitrogen and oxygen atoms in total. The summed E-state index contributed by atoms with van der Waals surface area (Å²) in [7, 11) is 2.20. The van der Waals surface area contributed by atoms with Gasteiger partial charge < -0.3 is 4.90 Å². The highest BCUT2D eigenvalue weighted by molar-refractivity contribution is 5.74. The minimum absolute atomic E-state index is 0.289. The molecule has 4 heteroatoms. The summed E-state index contributed by atoms with van der Waals surface area (Å²) in [6.45, 7) is 2.40. The van der Waals surface area contributed by atoms with Crippen molar-refractivity contribution in [1.29, 1.82) is 0 Å². The topological polar surface area (TPSA) is 52.6 Å². The van der Waals surface area contributed by atoms with E-state index >= 15 is 0 Å². The first-order valence-electron chi connectivity index (χ1n) is 8.39. The molecule has 0 spiro atoms. The maximum atomic E-state index is 10.9. The van der Waals surface area contributed by atoms with E-state index in [0.717, 1.165) is 31.6 Å². The number of nitrogens with one attached hydrogen (secondary N) is 1. The highest BCUT2D eigenvalue weighted by Gasteiger charge is 2.17. The van der Waals surface area contributed by atoms with Gasteiger partial charge in [0.2, 0.25) is 5.91 Å². The zero-order valence-electron chi connectivity index (χ0n) is 13.6. The van der Waals surface area contributed by atoms with Crippen LogP contribution < -0.4 is 5.48 Å². The number of rotatable bonds is 7. The second-order valence-corrected chi connectivity index (χ2v) is 6.41. The van der Waals surface area contributed by atoms with E-state index in [9.17, 15) is 4.79 Å². The van der Waals surface area contributed by atoms with Crippen molar-refractivity contribution in [3.63, 3.8) is 0 Å². The van der Waals surface area contributed by atoms with E-state index < -0.39 is 0 Å². The van der Waals surface area contributed by atoms with Crippen LogP contribution in [0.25, 0.3) is 0 Å². The molecule has 2 N–H and O–H groups in total. The molecule has 0 bridgehead atoms. The average Bonchev–Trinajstić information content (AvgIpc) is 2.55. The van der Waals surface area contributed by atoms with E-state index in [1.165, 1.54) is 37.1 Å². The second-order valence-electron chi connectivity index (χ2n) is 6.41. The summed E-state index contributed by atoms with van der Waals surface area (Å²) >= 11 is 0. The first kappa shape index (κ1) is 17.0. The molecule has 1 aromatic carbocycles. The lowest BCUT2D eigenvalue weighted by molar-refractivity contribution is -0.129. The third kappa shape index (κ3) is 5.43. The molecular weight excluding hydrogens is 276 g/mol. The van der Waals surface area contributed by atoms with Crippen LogP contribution in [0, 0.1) is 0 Å². The van der Waals surface area contributed by atoms with Gasteiger partial charge in [0.15, 0.2) is 0 Å². The summed E-state index contributed by atoms with van der Waals surface area (Å²) < 4.78 is 0.